The SMILES string of the molecule is Nc1c(C(=O)NCCc2ccccn2)sc2cnccc12. The summed E-state index contributed by atoms with van der Waals surface area (Å²) < 4.78 is 0.921. The van der Waals surface area contributed by atoms with Crippen molar-refractivity contribution in [3.05, 3.63) is 53.4 Å². The lowest BCUT2D eigenvalue weighted by Gasteiger charge is -2.04. The van der Waals surface area contributed by atoms with Crippen molar-refractivity contribution in [3.8, 4) is 0 Å². The van der Waals surface area contributed by atoms with E-state index in [4.69, 9.17) is 5.73 Å². The first-order valence-corrected chi connectivity index (χ1v) is 7.37. The number of fused-ring (bicyclic) bond motifs is 1. The number of carbonyl (C=O) groups is 1. The van der Waals surface area contributed by atoms with E-state index in [1.165, 1.54) is 11.3 Å². The predicted octanol–water partition coefficient (Wildman–Crippen LogP) is 2.25. The van der Waals surface area contributed by atoms with Crippen LogP contribution in [0.5, 0.6) is 0 Å². The number of anilines is 1. The van der Waals surface area contributed by atoms with Crippen LogP contribution in [-0.4, -0.2) is 22.4 Å². The molecule has 1 amide bonds. The molecule has 5 nitrogen and oxygen atoms in total. The average molecular weight is 298 g/mol. The minimum absolute atomic E-state index is 0.148. The van der Waals surface area contributed by atoms with E-state index in [9.17, 15) is 4.79 Å². The summed E-state index contributed by atoms with van der Waals surface area (Å²) in [4.78, 5) is 21.0. The summed E-state index contributed by atoms with van der Waals surface area (Å²) in [7, 11) is 0. The number of aromatic nitrogens is 2. The van der Waals surface area contributed by atoms with E-state index in [0.29, 0.717) is 23.5 Å². The Morgan fingerprint density at radius 3 is 2.95 bits per heavy atom. The van der Waals surface area contributed by atoms with E-state index in [0.717, 1.165) is 15.8 Å². The summed E-state index contributed by atoms with van der Waals surface area (Å²) in [5.74, 6) is -0.148. The van der Waals surface area contributed by atoms with Crippen LogP contribution < -0.4 is 11.1 Å². The topological polar surface area (TPSA) is 80.9 Å². The monoisotopic (exact) mass is 298 g/mol. The minimum atomic E-state index is -0.148. The Hall–Kier alpha value is -2.47. The molecule has 3 N–H and O–H groups in total. The fourth-order valence-corrected chi connectivity index (χ4v) is 3.08. The van der Waals surface area contributed by atoms with Gasteiger partial charge in [-0.05, 0) is 18.2 Å². The number of nitrogens with zero attached hydrogens (tertiary/aromatic N) is 2. The number of nitrogen functional groups attached to an aromatic ring is 1. The minimum Gasteiger partial charge on any atom is -0.397 e. The third-order valence-corrected chi connectivity index (χ3v) is 4.29. The second kappa shape index (κ2) is 5.88. The molecule has 0 atom stereocenters. The van der Waals surface area contributed by atoms with Crippen molar-refractivity contribution < 1.29 is 4.79 Å². The summed E-state index contributed by atoms with van der Waals surface area (Å²) in [6.07, 6.45) is 5.84. The summed E-state index contributed by atoms with van der Waals surface area (Å²) in [6.45, 7) is 0.530. The van der Waals surface area contributed by atoms with Gasteiger partial charge in [-0.1, -0.05) is 6.07 Å². The van der Waals surface area contributed by atoms with E-state index in [1.807, 2.05) is 24.3 Å². The molecule has 106 valence electrons. The summed E-state index contributed by atoms with van der Waals surface area (Å²) in [6, 6.07) is 7.56. The van der Waals surface area contributed by atoms with Crippen LogP contribution in [0, 0.1) is 0 Å². The van der Waals surface area contributed by atoms with Gasteiger partial charge in [0.15, 0.2) is 0 Å². The third kappa shape index (κ3) is 2.85. The van der Waals surface area contributed by atoms with Gasteiger partial charge in [0.2, 0.25) is 0 Å². The first kappa shape index (κ1) is 13.5. The number of nitrogens with one attached hydrogen (secondary N) is 1. The van der Waals surface area contributed by atoms with Crippen LogP contribution in [0.4, 0.5) is 5.69 Å². The summed E-state index contributed by atoms with van der Waals surface area (Å²) in [5, 5.41) is 3.76. The highest BCUT2D eigenvalue weighted by molar-refractivity contribution is 7.21. The normalized spacial score (nSPS) is 10.7. The van der Waals surface area contributed by atoms with Gasteiger partial charge >= 0.3 is 0 Å². The maximum Gasteiger partial charge on any atom is 0.263 e. The van der Waals surface area contributed by atoms with Crippen molar-refractivity contribution in [1.82, 2.24) is 15.3 Å². The molecule has 0 aliphatic rings. The van der Waals surface area contributed by atoms with Crippen LogP contribution in [-0.2, 0) is 6.42 Å². The van der Waals surface area contributed by atoms with Crippen LogP contribution in [0.15, 0.2) is 42.9 Å². The molecule has 3 aromatic heterocycles. The molecule has 0 aromatic carbocycles. The highest BCUT2D eigenvalue weighted by atomic mass is 32.1. The maximum atomic E-state index is 12.2. The molecule has 3 heterocycles. The van der Waals surface area contributed by atoms with Gasteiger partial charge in [-0.2, -0.15) is 0 Å². The molecule has 0 bridgehead atoms. The number of thiophene rings is 1. The van der Waals surface area contributed by atoms with Gasteiger partial charge in [0, 0.05) is 42.6 Å². The molecule has 0 aliphatic carbocycles. The number of hydrogen-bond donors (Lipinski definition) is 2. The van der Waals surface area contributed by atoms with Crippen LogP contribution in [0.1, 0.15) is 15.4 Å². The van der Waals surface area contributed by atoms with E-state index in [2.05, 4.69) is 15.3 Å². The number of rotatable bonds is 4. The lowest BCUT2D eigenvalue weighted by molar-refractivity contribution is 0.0959. The molecule has 0 aliphatic heterocycles. The number of carbonyl (C=O) groups excluding carboxylic acids is 1. The predicted molar refractivity (Wildman–Crippen MR) is 84.3 cm³/mol. The molecule has 0 saturated carbocycles. The van der Waals surface area contributed by atoms with Crippen LogP contribution >= 0.6 is 11.3 Å². The molecule has 3 rings (SSSR count). The van der Waals surface area contributed by atoms with E-state index in [-0.39, 0.29) is 5.91 Å². The van der Waals surface area contributed by atoms with Gasteiger partial charge in [-0.3, -0.25) is 14.8 Å². The Bertz CT molecular complexity index is 770. The zero-order valence-electron chi connectivity index (χ0n) is 11.2. The van der Waals surface area contributed by atoms with Gasteiger partial charge in [-0.15, -0.1) is 11.3 Å². The Balaban J connectivity index is 1.68. The number of hydrogen-bond acceptors (Lipinski definition) is 5. The molecule has 21 heavy (non-hydrogen) atoms. The zero-order chi connectivity index (χ0) is 14.7. The lowest BCUT2D eigenvalue weighted by Crippen LogP contribution is -2.25. The Morgan fingerprint density at radius 2 is 2.19 bits per heavy atom. The standard InChI is InChI=1S/C15H14N4OS/c16-13-11-5-7-17-9-12(11)21-14(13)15(20)19-8-4-10-3-1-2-6-18-10/h1-3,5-7,9H,4,8,16H2,(H,19,20). The molecule has 3 aromatic rings. The first-order chi connectivity index (χ1) is 10.3. The summed E-state index contributed by atoms with van der Waals surface area (Å²) >= 11 is 1.36. The van der Waals surface area contributed by atoms with Crippen LogP contribution in [0.2, 0.25) is 0 Å². The largest absolute Gasteiger partial charge is 0.397 e. The third-order valence-electron chi connectivity index (χ3n) is 3.13. The summed E-state index contributed by atoms with van der Waals surface area (Å²) in [5.41, 5.74) is 7.50. The second-order valence-corrected chi connectivity index (χ2v) is 5.60. The fraction of sp³-hybridized carbons (Fsp3) is 0.133. The van der Waals surface area contributed by atoms with Crippen molar-refractivity contribution >= 4 is 33.0 Å². The Kier molecular flexibility index (Phi) is 3.79. The molecule has 6 heteroatoms. The van der Waals surface area contributed by atoms with Crippen LogP contribution in [0.3, 0.4) is 0 Å². The molecule has 0 radical (unpaired) electrons. The van der Waals surface area contributed by atoms with Gasteiger partial charge in [0.1, 0.15) is 4.88 Å². The maximum absolute atomic E-state index is 12.2. The number of pyridine rings is 2. The Morgan fingerprint density at radius 1 is 1.29 bits per heavy atom. The van der Waals surface area contributed by atoms with Crippen molar-refractivity contribution in [2.75, 3.05) is 12.3 Å². The van der Waals surface area contributed by atoms with E-state index < -0.39 is 0 Å². The quantitative estimate of drug-likeness (QED) is 0.774. The lowest BCUT2D eigenvalue weighted by atomic mass is 10.2. The zero-order valence-corrected chi connectivity index (χ0v) is 12.1. The smallest absolute Gasteiger partial charge is 0.263 e. The van der Waals surface area contributed by atoms with Crippen LogP contribution in [0.25, 0.3) is 10.1 Å². The van der Waals surface area contributed by atoms with E-state index >= 15 is 0 Å². The van der Waals surface area contributed by atoms with Crippen molar-refractivity contribution in [2.24, 2.45) is 0 Å². The highest BCUT2D eigenvalue weighted by Crippen LogP contribution is 2.32. The van der Waals surface area contributed by atoms with Gasteiger partial charge in [0.05, 0.1) is 10.4 Å². The highest BCUT2D eigenvalue weighted by Gasteiger charge is 2.15. The number of nitrogens with two attached hydrogens (primary N) is 1. The Labute approximate surface area is 125 Å². The van der Waals surface area contributed by atoms with Gasteiger partial charge < -0.3 is 11.1 Å². The van der Waals surface area contributed by atoms with Crippen molar-refractivity contribution in [1.29, 1.82) is 0 Å². The molecule has 0 spiro atoms. The fourth-order valence-electron chi connectivity index (χ4n) is 2.07. The molecular weight excluding hydrogens is 284 g/mol. The number of amides is 1. The van der Waals surface area contributed by atoms with Gasteiger partial charge in [0.25, 0.3) is 5.91 Å². The molecule has 0 unspecified atom stereocenters. The second-order valence-electron chi connectivity index (χ2n) is 4.54. The molecule has 0 saturated heterocycles. The first-order valence-electron chi connectivity index (χ1n) is 6.56. The average Bonchev–Trinajstić information content (AvgIpc) is 2.86. The van der Waals surface area contributed by atoms with Crippen molar-refractivity contribution in [2.45, 2.75) is 6.42 Å². The van der Waals surface area contributed by atoms with Crippen molar-refractivity contribution in [3.63, 3.8) is 0 Å². The molecule has 0 fully saturated rings. The molecular formula is C15H14N4OS. The van der Waals surface area contributed by atoms with Gasteiger partial charge in [-0.25, -0.2) is 0 Å². The van der Waals surface area contributed by atoms with E-state index in [1.54, 1.807) is 18.6 Å².